The second-order valence-electron chi connectivity index (χ2n) is 7.54. The Labute approximate surface area is 180 Å². The number of carbonyl (C=O) groups is 2. The number of anilines is 1. The monoisotopic (exact) mass is 423 g/mol. The summed E-state index contributed by atoms with van der Waals surface area (Å²) < 4.78 is 12.2. The first-order chi connectivity index (χ1) is 15.0. The molecule has 3 heterocycles. The van der Waals surface area contributed by atoms with Gasteiger partial charge in [0, 0.05) is 30.0 Å². The van der Waals surface area contributed by atoms with Crippen LogP contribution in [0.15, 0.2) is 24.5 Å². The molecular formula is C22H25N5O4. The number of rotatable bonds is 6. The average Bonchev–Trinajstić information content (AvgIpc) is 3.25. The Morgan fingerprint density at radius 3 is 2.87 bits per heavy atom. The molecule has 9 nitrogen and oxygen atoms in total. The lowest BCUT2D eigenvalue weighted by atomic mass is 10.0. The third kappa shape index (κ3) is 4.21. The van der Waals surface area contributed by atoms with Crippen LogP contribution < -0.4 is 9.64 Å². The van der Waals surface area contributed by atoms with Gasteiger partial charge in [0.1, 0.15) is 12.1 Å². The lowest BCUT2D eigenvalue weighted by Crippen LogP contribution is -2.38. The fourth-order valence-electron chi connectivity index (χ4n) is 4.00. The Morgan fingerprint density at radius 1 is 1.23 bits per heavy atom. The average molecular weight is 423 g/mol. The number of carbonyl (C=O) groups excluding carboxylic acids is 2. The number of hydrogen-bond donors (Lipinski definition) is 0. The Hall–Kier alpha value is -3.49. The molecule has 1 aliphatic rings. The van der Waals surface area contributed by atoms with Crippen molar-refractivity contribution in [3.05, 3.63) is 47.0 Å². The Kier molecular flexibility index (Phi) is 5.83. The van der Waals surface area contributed by atoms with E-state index in [1.54, 1.807) is 16.5 Å². The van der Waals surface area contributed by atoms with E-state index in [4.69, 9.17) is 9.47 Å². The number of benzene rings is 1. The van der Waals surface area contributed by atoms with Crippen molar-refractivity contribution in [1.82, 2.24) is 19.6 Å². The van der Waals surface area contributed by atoms with Crippen molar-refractivity contribution in [3.8, 4) is 5.75 Å². The van der Waals surface area contributed by atoms with Crippen molar-refractivity contribution in [3.63, 3.8) is 0 Å². The second-order valence-corrected chi connectivity index (χ2v) is 7.54. The standard InChI is InChI=1S/C22H25N5O4/c1-14-18(15(2)27-22(25-14)23-13-24-27)7-9-21(29)31-12-20(28)26-10-4-5-16-11-17(30-3)6-8-19(16)26/h6,8,11,13H,4-5,7,9-10,12H2,1-3H3. The summed E-state index contributed by atoms with van der Waals surface area (Å²) in [5, 5.41) is 4.16. The Morgan fingerprint density at radius 2 is 2.06 bits per heavy atom. The summed E-state index contributed by atoms with van der Waals surface area (Å²) in [4.78, 5) is 35.2. The summed E-state index contributed by atoms with van der Waals surface area (Å²) in [5.41, 5.74) is 4.55. The molecule has 0 fully saturated rings. The highest BCUT2D eigenvalue weighted by Gasteiger charge is 2.24. The van der Waals surface area contributed by atoms with Crippen LogP contribution in [0.25, 0.3) is 5.78 Å². The molecule has 0 aliphatic carbocycles. The molecule has 2 aromatic heterocycles. The number of ether oxygens (including phenoxy) is 2. The molecule has 31 heavy (non-hydrogen) atoms. The lowest BCUT2D eigenvalue weighted by Gasteiger charge is -2.29. The SMILES string of the molecule is COc1ccc2c(c1)CCCN2C(=O)COC(=O)CCc1c(C)nc2ncnn2c1C. The van der Waals surface area contributed by atoms with Gasteiger partial charge < -0.3 is 14.4 Å². The summed E-state index contributed by atoms with van der Waals surface area (Å²) in [6.07, 6.45) is 3.81. The van der Waals surface area contributed by atoms with Crippen LogP contribution in [0.5, 0.6) is 5.75 Å². The molecule has 0 N–H and O–H groups in total. The zero-order valence-corrected chi connectivity index (χ0v) is 17.9. The molecule has 0 bridgehead atoms. The molecule has 0 radical (unpaired) electrons. The molecule has 3 aromatic rings. The zero-order valence-electron chi connectivity index (χ0n) is 17.9. The molecule has 0 spiro atoms. The zero-order chi connectivity index (χ0) is 22.0. The van der Waals surface area contributed by atoms with E-state index in [-0.39, 0.29) is 18.9 Å². The minimum absolute atomic E-state index is 0.157. The topological polar surface area (TPSA) is 98.9 Å². The van der Waals surface area contributed by atoms with Crippen LogP contribution in [0.2, 0.25) is 0 Å². The Balaban J connectivity index is 1.35. The van der Waals surface area contributed by atoms with Crippen molar-refractivity contribution >= 4 is 23.3 Å². The van der Waals surface area contributed by atoms with E-state index in [1.807, 2.05) is 32.0 Å². The molecular weight excluding hydrogens is 398 g/mol. The maximum Gasteiger partial charge on any atom is 0.306 e. The highest BCUT2D eigenvalue weighted by Crippen LogP contribution is 2.30. The first-order valence-corrected chi connectivity index (χ1v) is 10.3. The van der Waals surface area contributed by atoms with Gasteiger partial charge in [-0.2, -0.15) is 10.1 Å². The lowest BCUT2D eigenvalue weighted by molar-refractivity contribution is -0.147. The van der Waals surface area contributed by atoms with Crippen LogP contribution >= 0.6 is 0 Å². The third-order valence-electron chi connectivity index (χ3n) is 5.63. The van der Waals surface area contributed by atoms with Crippen LogP contribution in [-0.2, 0) is 27.2 Å². The summed E-state index contributed by atoms with van der Waals surface area (Å²) in [6.45, 7) is 4.14. The molecule has 4 rings (SSSR count). The van der Waals surface area contributed by atoms with Gasteiger partial charge in [0.2, 0.25) is 0 Å². The molecule has 0 saturated heterocycles. The number of fused-ring (bicyclic) bond motifs is 2. The van der Waals surface area contributed by atoms with Crippen molar-refractivity contribution in [1.29, 1.82) is 0 Å². The second kappa shape index (κ2) is 8.71. The van der Waals surface area contributed by atoms with E-state index in [1.165, 1.54) is 6.33 Å². The summed E-state index contributed by atoms with van der Waals surface area (Å²) in [7, 11) is 1.62. The van der Waals surface area contributed by atoms with Crippen molar-refractivity contribution in [2.24, 2.45) is 0 Å². The van der Waals surface area contributed by atoms with Crippen LogP contribution in [0.3, 0.4) is 0 Å². The van der Waals surface area contributed by atoms with Crippen LogP contribution in [0, 0.1) is 13.8 Å². The van der Waals surface area contributed by atoms with Gasteiger partial charge in [-0.25, -0.2) is 9.50 Å². The third-order valence-corrected chi connectivity index (χ3v) is 5.63. The van der Waals surface area contributed by atoms with E-state index in [9.17, 15) is 9.59 Å². The fourth-order valence-corrected chi connectivity index (χ4v) is 4.00. The number of esters is 1. The molecule has 0 unspecified atom stereocenters. The first-order valence-electron chi connectivity index (χ1n) is 10.3. The van der Waals surface area contributed by atoms with E-state index in [2.05, 4.69) is 15.1 Å². The molecule has 0 saturated carbocycles. The predicted octanol–water partition coefficient (Wildman–Crippen LogP) is 2.20. The van der Waals surface area contributed by atoms with Gasteiger partial charge in [0.15, 0.2) is 6.61 Å². The van der Waals surface area contributed by atoms with Gasteiger partial charge in [-0.3, -0.25) is 9.59 Å². The normalized spacial score (nSPS) is 13.2. The van der Waals surface area contributed by atoms with Gasteiger partial charge in [-0.05, 0) is 62.4 Å². The van der Waals surface area contributed by atoms with E-state index in [0.717, 1.165) is 46.8 Å². The maximum atomic E-state index is 12.7. The molecule has 9 heteroatoms. The molecule has 1 aromatic carbocycles. The van der Waals surface area contributed by atoms with Crippen LogP contribution in [0.4, 0.5) is 5.69 Å². The van der Waals surface area contributed by atoms with Crippen molar-refractivity contribution < 1.29 is 19.1 Å². The van der Waals surface area contributed by atoms with Gasteiger partial charge in [-0.15, -0.1) is 0 Å². The highest BCUT2D eigenvalue weighted by molar-refractivity contribution is 5.96. The molecule has 162 valence electrons. The first kappa shape index (κ1) is 20.8. The smallest absolute Gasteiger partial charge is 0.306 e. The van der Waals surface area contributed by atoms with E-state index >= 15 is 0 Å². The quantitative estimate of drug-likeness (QED) is 0.561. The number of hydrogen-bond acceptors (Lipinski definition) is 7. The van der Waals surface area contributed by atoms with E-state index in [0.29, 0.717) is 18.7 Å². The number of nitrogens with zero attached hydrogens (tertiary/aromatic N) is 5. The highest BCUT2D eigenvalue weighted by atomic mass is 16.5. The van der Waals surface area contributed by atoms with Crippen molar-refractivity contribution in [2.75, 3.05) is 25.2 Å². The minimum atomic E-state index is -0.419. The number of amides is 1. The van der Waals surface area contributed by atoms with E-state index < -0.39 is 5.97 Å². The summed E-state index contributed by atoms with van der Waals surface area (Å²) >= 11 is 0. The largest absolute Gasteiger partial charge is 0.497 e. The van der Waals surface area contributed by atoms with Crippen LogP contribution in [0.1, 0.15) is 35.4 Å². The number of methoxy groups -OCH3 is 1. The molecule has 0 atom stereocenters. The van der Waals surface area contributed by atoms with Gasteiger partial charge >= 0.3 is 5.97 Å². The maximum absolute atomic E-state index is 12.7. The summed E-state index contributed by atoms with van der Waals surface area (Å²) in [6, 6.07) is 5.67. The minimum Gasteiger partial charge on any atom is -0.497 e. The van der Waals surface area contributed by atoms with Gasteiger partial charge in [0.05, 0.1) is 7.11 Å². The van der Waals surface area contributed by atoms with Gasteiger partial charge in [0.25, 0.3) is 11.7 Å². The van der Waals surface area contributed by atoms with Gasteiger partial charge in [-0.1, -0.05) is 0 Å². The van der Waals surface area contributed by atoms with Crippen molar-refractivity contribution in [2.45, 2.75) is 39.5 Å². The fraction of sp³-hybridized carbons (Fsp3) is 0.409. The predicted molar refractivity (Wildman–Crippen MR) is 113 cm³/mol. The number of aromatic nitrogens is 4. The Bertz CT molecular complexity index is 1140. The van der Waals surface area contributed by atoms with Crippen LogP contribution in [-0.4, -0.2) is 51.7 Å². The molecule has 1 aliphatic heterocycles. The number of aryl methyl sites for hydroxylation is 3. The molecule has 1 amide bonds. The summed E-state index contributed by atoms with van der Waals surface area (Å²) in [5.74, 6) is 0.658.